The molecule has 0 radical (unpaired) electrons. The van der Waals surface area contributed by atoms with Gasteiger partial charge >= 0.3 is 0 Å². The Hall–Kier alpha value is -3.30. The first-order chi connectivity index (χ1) is 12.6. The number of nitrogens with zero attached hydrogens (tertiary/aromatic N) is 1. The van der Waals surface area contributed by atoms with Gasteiger partial charge in [-0.15, -0.1) is 0 Å². The fraction of sp³-hybridized carbons (Fsp3) is 0.0500. The van der Waals surface area contributed by atoms with E-state index in [9.17, 15) is 8.42 Å². The summed E-state index contributed by atoms with van der Waals surface area (Å²) in [6, 6.07) is 24.1. The molecule has 130 valence electrons. The summed E-state index contributed by atoms with van der Waals surface area (Å²) in [4.78, 5) is 0.149. The number of rotatable bonds is 6. The van der Waals surface area contributed by atoms with Gasteiger partial charge in [-0.3, -0.25) is 4.72 Å². The van der Waals surface area contributed by atoms with Crippen molar-refractivity contribution in [3.05, 3.63) is 90.0 Å². The van der Waals surface area contributed by atoms with Crippen LogP contribution in [0.15, 0.2) is 83.8 Å². The first-order valence-electron chi connectivity index (χ1n) is 7.86. The van der Waals surface area contributed by atoms with Crippen LogP contribution in [0.2, 0.25) is 0 Å². The van der Waals surface area contributed by atoms with Crippen molar-refractivity contribution in [1.29, 1.82) is 5.26 Å². The molecule has 3 aromatic carbocycles. The van der Waals surface area contributed by atoms with Gasteiger partial charge in [-0.1, -0.05) is 30.3 Å². The number of ether oxygens (including phenoxy) is 1. The zero-order chi connectivity index (χ0) is 18.4. The van der Waals surface area contributed by atoms with Crippen LogP contribution in [-0.4, -0.2) is 8.42 Å². The van der Waals surface area contributed by atoms with Crippen LogP contribution >= 0.6 is 0 Å². The molecule has 0 unspecified atom stereocenters. The lowest BCUT2D eigenvalue weighted by Gasteiger charge is -2.10. The molecule has 0 aromatic heterocycles. The van der Waals surface area contributed by atoms with Crippen molar-refractivity contribution in [3.8, 4) is 11.8 Å². The highest BCUT2D eigenvalue weighted by atomic mass is 32.2. The average Bonchev–Trinajstić information content (AvgIpc) is 2.68. The fourth-order valence-electron chi connectivity index (χ4n) is 2.31. The Morgan fingerprint density at radius 3 is 2.35 bits per heavy atom. The van der Waals surface area contributed by atoms with Crippen LogP contribution in [0.5, 0.6) is 5.75 Å². The van der Waals surface area contributed by atoms with Crippen LogP contribution in [0.25, 0.3) is 0 Å². The van der Waals surface area contributed by atoms with Gasteiger partial charge in [0.1, 0.15) is 12.4 Å². The standard InChI is InChI=1S/C20H16N2O3S/c21-14-16-9-11-18(12-10-16)22-26(23,24)20-8-4-5-17(13-20)15-25-19-6-2-1-3-7-19/h1-13,22H,15H2. The van der Waals surface area contributed by atoms with Gasteiger partial charge in [-0.25, -0.2) is 8.42 Å². The number of nitriles is 1. The van der Waals surface area contributed by atoms with Crippen LogP contribution in [0.3, 0.4) is 0 Å². The first kappa shape index (κ1) is 17.5. The first-order valence-corrected chi connectivity index (χ1v) is 9.35. The van der Waals surface area contributed by atoms with Crippen LogP contribution in [0.1, 0.15) is 11.1 Å². The Labute approximate surface area is 152 Å². The Bertz CT molecular complexity index is 1020. The van der Waals surface area contributed by atoms with Crippen molar-refractivity contribution in [2.45, 2.75) is 11.5 Å². The molecule has 1 N–H and O–H groups in total. The van der Waals surface area contributed by atoms with Crippen LogP contribution < -0.4 is 9.46 Å². The van der Waals surface area contributed by atoms with E-state index in [1.807, 2.05) is 42.5 Å². The summed E-state index contributed by atoms with van der Waals surface area (Å²) in [5.41, 5.74) is 1.61. The Morgan fingerprint density at radius 1 is 0.923 bits per heavy atom. The molecule has 0 aliphatic rings. The molecule has 0 fully saturated rings. The summed E-state index contributed by atoms with van der Waals surface area (Å²) < 4.78 is 33.3. The SMILES string of the molecule is N#Cc1ccc(NS(=O)(=O)c2cccc(COc3ccccc3)c2)cc1. The van der Waals surface area contributed by atoms with E-state index in [0.29, 0.717) is 11.3 Å². The van der Waals surface area contributed by atoms with Gasteiger partial charge in [0, 0.05) is 5.69 Å². The van der Waals surface area contributed by atoms with Crippen molar-refractivity contribution in [2.24, 2.45) is 0 Å². The molecule has 0 saturated carbocycles. The second-order valence-electron chi connectivity index (χ2n) is 5.54. The van der Waals surface area contributed by atoms with Gasteiger partial charge in [0.25, 0.3) is 10.0 Å². The third kappa shape index (κ3) is 4.41. The molecule has 0 atom stereocenters. The highest BCUT2D eigenvalue weighted by Gasteiger charge is 2.14. The lowest BCUT2D eigenvalue weighted by atomic mass is 10.2. The van der Waals surface area contributed by atoms with Crippen LogP contribution in [0, 0.1) is 11.3 Å². The van der Waals surface area contributed by atoms with E-state index in [4.69, 9.17) is 10.00 Å². The largest absolute Gasteiger partial charge is 0.489 e. The zero-order valence-electron chi connectivity index (χ0n) is 13.8. The van der Waals surface area contributed by atoms with Crippen LogP contribution in [0.4, 0.5) is 5.69 Å². The highest BCUT2D eigenvalue weighted by Crippen LogP contribution is 2.19. The third-order valence-electron chi connectivity index (χ3n) is 3.62. The number of hydrogen-bond donors (Lipinski definition) is 1. The molecule has 0 spiro atoms. The quantitative estimate of drug-likeness (QED) is 0.718. The fourth-order valence-corrected chi connectivity index (χ4v) is 3.44. The minimum atomic E-state index is -3.73. The molecule has 3 aromatic rings. The third-order valence-corrected chi connectivity index (χ3v) is 5.00. The summed E-state index contributed by atoms with van der Waals surface area (Å²) in [6.45, 7) is 0.268. The predicted octanol–water partition coefficient (Wildman–Crippen LogP) is 3.94. The Balaban J connectivity index is 1.74. The summed E-state index contributed by atoms with van der Waals surface area (Å²) in [6.07, 6.45) is 0. The predicted molar refractivity (Wildman–Crippen MR) is 99.2 cm³/mol. The van der Waals surface area contributed by atoms with Gasteiger partial charge in [-0.2, -0.15) is 5.26 Å². The lowest BCUT2D eigenvalue weighted by Crippen LogP contribution is -2.13. The van der Waals surface area contributed by atoms with E-state index >= 15 is 0 Å². The van der Waals surface area contributed by atoms with Crippen molar-refractivity contribution in [3.63, 3.8) is 0 Å². The van der Waals surface area contributed by atoms with Gasteiger partial charge < -0.3 is 4.74 Å². The van der Waals surface area contributed by atoms with Crippen LogP contribution in [-0.2, 0) is 16.6 Å². The van der Waals surface area contributed by atoms with E-state index < -0.39 is 10.0 Å². The Kier molecular flexibility index (Phi) is 5.20. The van der Waals surface area contributed by atoms with Crippen molar-refractivity contribution < 1.29 is 13.2 Å². The molecule has 0 aliphatic carbocycles. The van der Waals surface area contributed by atoms with E-state index in [1.165, 1.54) is 6.07 Å². The molecule has 6 heteroatoms. The van der Waals surface area contributed by atoms with Gasteiger partial charge in [0.2, 0.25) is 0 Å². The summed E-state index contributed by atoms with van der Waals surface area (Å²) in [7, 11) is -3.73. The number of hydrogen-bond acceptors (Lipinski definition) is 4. The maximum absolute atomic E-state index is 12.6. The number of anilines is 1. The monoisotopic (exact) mass is 364 g/mol. The molecule has 3 rings (SSSR count). The molecule has 0 saturated heterocycles. The van der Waals surface area contributed by atoms with E-state index in [0.717, 1.165) is 11.3 Å². The molecule has 0 aliphatic heterocycles. The van der Waals surface area contributed by atoms with Crippen molar-refractivity contribution >= 4 is 15.7 Å². The molecule has 5 nitrogen and oxygen atoms in total. The molecule has 26 heavy (non-hydrogen) atoms. The number of sulfonamides is 1. The van der Waals surface area contributed by atoms with E-state index in [1.54, 1.807) is 36.4 Å². The zero-order valence-corrected chi connectivity index (χ0v) is 14.6. The van der Waals surface area contributed by atoms with Gasteiger partial charge in [0.05, 0.1) is 16.5 Å². The molecule has 0 heterocycles. The van der Waals surface area contributed by atoms with E-state index in [2.05, 4.69) is 4.72 Å². The second kappa shape index (κ2) is 7.72. The summed E-state index contributed by atoms with van der Waals surface area (Å²) in [5.74, 6) is 0.719. The topological polar surface area (TPSA) is 79.2 Å². The summed E-state index contributed by atoms with van der Waals surface area (Å²) in [5, 5.41) is 8.80. The maximum Gasteiger partial charge on any atom is 0.261 e. The maximum atomic E-state index is 12.6. The minimum Gasteiger partial charge on any atom is -0.489 e. The summed E-state index contributed by atoms with van der Waals surface area (Å²) >= 11 is 0. The second-order valence-corrected chi connectivity index (χ2v) is 7.23. The van der Waals surface area contributed by atoms with E-state index in [-0.39, 0.29) is 11.5 Å². The molecule has 0 amide bonds. The van der Waals surface area contributed by atoms with Crippen molar-refractivity contribution in [2.75, 3.05) is 4.72 Å². The minimum absolute atomic E-state index is 0.149. The number of para-hydroxylation sites is 1. The Morgan fingerprint density at radius 2 is 1.65 bits per heavy atom. The number of nitrogens with one attached hydrogen (secondary N) is 1. The normalized spacial score (nSPS) is 10.7. The van der Waals surface area contributed by atoms with Gasteiger partial charge in [0.15, 0.2) is 0 Å². The molecule has 0 bridgehead atoms. The smallest absolute Gasteiger partial charge is 0.261 e. The van der Waals surface area contributed by atoms with Crippen molar-refractivity contribution in [1.82, 2.24) is 0 Å². The number of benzene rings is 3. The lowest BCUT2D eigenvalue weighted by molar-refractivity contribution is 0.306. The molecular weight excluding hydrogens is 348 g/mol. The molecular formula is C20H16N2O3S. The highest BCUT2D eigenvalue weighted by molar-refractivity contribution is 7.92. The van der Waals surface area contributed by atoms with Gasteiger partial charge in [-0.05, 0) is 54.1 Å². The average molecular weight is 364 g/mol.